The molecular weight excluding hydrogens is 250 g/mol. The molecule has 0 fully saturated rings. The van der Waals surface area contributed by atoms with Crippen LogP contribution in [-0.4, -0.2) is 19.7 Å². The maximum absolute atomic E-state index is 5.84. The van der Waals surface area contributed by atoms with Crippen LogP contribution in [0.4, 0.5) is 5.69 Å². The summed E-state index contributed by atoms with van der Waals surface area (Å²) in [6.07, 6.45) is 3.59. The van der Waals surface area contributed by atoms with Gasteiger partial charge in [0, 0.05) is 22.7 Å². The Hall–Kier alpha value is -2.95. The van der Waals surface area contributed by atoms with Crippen molar-refractivity contribution in [3.05, 3.63) is 54.9 Å². The molecule has 2 N–H and O–H groups in total. The van der Waals surface area contributed by atoms with Crippen molar-refractivity contribution in [1.29, 1.82) is 0 Å². The summed E-state index contributed by atoms with van der Waals surface area (Å²) in [5, 5.41) is 6.37. The zero-order valence-corrected chi connectivity index (χ0v) is 10.6. The Morgan fingerprint density at radius 2 is 1.85 bits per heavy atom. The van der Waals surface area contributed by atoms with Crippen molar-refractivity contribution in [1.82, 2.24) is 19.7 Å². The average Bonchev–Trinajstić information content (AvgIpc) is 2.89. The molecule has 0 aliphatic carbocycles. The second kappa shape index (κ2) is 4.03. The third-order valence-corrected chi connectivity index (χ3v) is 3.26. The van der Waals surface area contributed by atoms with E-state index in [0.717, 1.165) is 21.8 Å². The third-order valence-electron chi connectivity index (χ3n) is 3.26. The Morgan fingerprint density at radius 3 is 2.80 bits per heavy atom. The van der Waals surface area contributed by atoms with Crippen LogP contribution in [0.1, 0.15) is 0 Å². The van der Waals surface area contributed by atoms with Gasteiger partial charge in [-0.05, 0) is 24.3 Å². The fraction of sp³-hybridized carbons (Fsp3) is 0. The van der Waals surface area contributed by atoms with Gasteiger partial charge in [-0.15, -0.1) is 0 Å². The lowest BCUT2D eigenvalue weighted by Gasteiger charge is -2.03. The van der Waals surface area contributed by atoms with Crippen molar-refractivity contribution in [2.24, 2.45) is 0 Å². The van der Waals surface area contributed by atoms with Crippen LogP contribution in [0.2, 0.25) is 0 Å². The number of rotatable bonds is 1. The summed E-state index contributed by atoms with van der Waals surface area (Å²) in [5.74, 6) is 0.546. The highest BCUT2D eigenvalue weighted by molar-refractivity contribution is 5.83. The standard InChI is InChI=1S/C15H11N5/c16-12-6-5-11-9-18-20(14(11)7-12)15-17-8-10-3-1-2-4-13(10)19-15/h1-9H,16H2. The van der Waals surface area contributed by atoms with Gasteiger partial charge in [0.1, 0.15) is 0 Å². The van der Waals surface area contributed by atoms with E-state index in [1.54, 1.807) is 17.1 Å². The first-order valence-electron chi connectivity index (χ1n) is 6.27. The molecule has 0 radical (unpaired) electrons. The van der Waals surface area contributed by atoms with E-state index in [2.05, 4.69) is 15.1 Å². The fourth-order valence-corrected chi connectivity index (χ4v) is 2.26. The van der Waals surface area contributed by atoms with Gasteiger partial charge in [-0.25, -0.2) is 9.97 Å². The van der Waals surface area contributed by atoms with Crippen LogP contribution >= 0.6 is 0 Å². The first kappa shape index (κ1) is 10.9. The molecule has 0 unspecified atom stereocenters. The zero-order chi connectivity index (χ0) is 13.5. The predicted octanol–water partition coefficient (Wildman–Crippen LogP) is 2.55. The van der Waals surface area contributed by atoms with Gasteiger partial charge in [0.05, 0.1) is 17.2 Å². The van der Waals surface area contributed by atoms with Gasteiger partial charge in [0.2, 0.25) is 0 Å². The van der Waals surface area contributed by atoms with Crippen LogP contribution in [-0.2, 0) is 0 Å². The minimum atomic E-state index is 0.546. The van der Waals surface area contributed by atoms with Gasteiger partial charge in [0.15, 0.2) is 0 Å². The zero-order valence-electron chi connectivity index (χ0n) is 10.6. The summed E-state index contributed by atoms with van der Waals surface area (Å²) >= 11 is 0. The molecule has 4 aromatic rings. The molecule has 0 spiro atoms. The summed E-state index contributed by atoms with van der Waals surface area (Å²) in [4.78, 5) is 8.92. The van der Waals surface area contributed by atoms with Gasteiger partial charge in [-0.2, -0.15) is 9.78 Å². The average molecular weight is 261 g/mol. The van der Waals surface area contributed by atoms with Gasteiger partial charge in [-0.3, -0.25) is 0 Å². The lowest BCUT2D eigenvalue weighted by Crippen LogP contribution is -2.02. The normalized spacial score (nSPS) is 11.2. The molecule has 2 heterocycles. The Balaban J connectivity index is 1.98. The number of nitrogens with two attached hydrogens (primary N) is 1. The van der Waals surface area contributed by atoms with Crippen molar-refractivity contribution in [2.45, 2.75) is 0 Å². The van der Waals surface area contributed by atoms with Crippen LogP contribution in [0.5, 0.6) is 0 Å². The van der Waals surface area contributed by atoms with Crippen molar-refractivity contribution >= 4 is 27.5 Å². The van der Waals surface area contributed by atoms with Gasteiger partial charge < -0.3 is 5.73 Å². The molecule has 0 atom stereocenters. The monoisotopic (exact) mass is 261 g/mol. The van der Waals surface area contributed by atoms with Crippen LogP contribution in [0.25, 0.3) is 27.8 Å². The van der Waals surface area contributed by atoms with E-state index >= 15 is 0 Å². The maximum atomic E-state index is 5.84. The number of benzene rings is 2. The minimum Gasteiger partial charge on any atom is -0.399 e. The molecule has 5 heteroatoms. The highest BCUT2D eigenvalue weighted by Crippen LogP contribution is 2.20. The first-order valence-corrected chi connectivity index (χ1v) is 6.27. The number of nitrogens with zero attached hydrogens (tertiary/aromatic N) is 4. The predicted molar refractivity (Wildman–Crippen MR) is 78.6 cm³/mol. The molecule has 0 bridgehead atoms. The number of fused-ring (bicyclic) bond motifs is 2. The van der Waals surface area contributed by atoms with Crippen LogP contribution in [0.15, 0.2) is 54.9 Å². The second-order valence-corrected chi connectivity index (χ2v) is 4.60. The highest BCUT2D eigenvalue weighted by atomic mass is 15.3. The molecule has 0 saturated carbocycles. The van der Waals surface area contributed by atoms with Crippen LogP contribution in [0, 0.1) is 0 Å². The molecule has 2 aromatic heterocycles. The largest absolute Gasteiger partial charge is 0.399 e. The Labute approximate surface area is 114 Å². The van der Waals surface area contributed by atoms with Crippen molar-refractivity contribution in [2.75, 3.05) is 5.73 Å². The lowest BCUT2D eigenvalue weighted by molar-refractivity contribution is 0.841. The number of hydrogen-bond acceptors (Lipinski definition) is 4. The molecule has 20 heavy (non-hydrogen) atoms. The van der Waals surface area contributed by atoms with Crippen LogP contribution in [0.3, 0.4) is 0 Å². The van der Waals surface area contributed by atoms with Gasteiger partial charge in [0.25, 0.3) is 5.95 Å². The minimum absolute atomic E-state index is 0.546. The molecule has 5 nitrogen and oxygen atoms in total. The third kappa shape index (κ3) is 1.60. The van der Waals surface area contributed by atoms with Gasteiger partial charge >= 0.3 is 0 Å². The van der Waals surface area contributed by atoms with Crippen LogP contribution < -0.4 is 5.73 Å². The molecule has 0 aliphatic heterocycles. The smallest absolute Gasteiger partial charge is 0.251 e. The summed E-state index contributed by atoms with van der Waals surface area (Å²) in [6, 6.07) is 13.5. The number of hydrogen-bond donors (Lipinski definition) is 1. The van der Waals surface area contributed by atoms with Crippen molar-refractivity contribution < 1.29 is 0 Å². The molecule has 96 valence electrons. The second-order valence-electron chi connectivity index (χ2n) is 4.60. The Bertz CT molecular complexity index is 926. The van der Waals surface area contributed by atoms with E-state index in [1.807, 2.05) is 42.5 Å². The summed E-state index contributed by atoms with van der Waals surface area (Å²) < 4.78 is 1.71. The number of anilines is 1. The summed E-state index contributed by atoms with van der Waals surface area (Å²) in [6.45, 7) is 0. The van der Waals surface area contributed by atoms with E-state index in [0.29, 0.717) is 11.6 Å². The topological polar surface area (TPSA) is 69.6 Å². The molecular formula is C15H11N5. The maximum Gasteiger partial charge on any atom is 0.251 e. The lowest BCUT2D eigenvalue weighted by atomic mass is 10.2. The van der Waals surface area contributed by atoms with Crippen molar-refractivity contribution in [3.8, 4) is 5.95 Å². The summed E-state index contributed by atoms with van der Waals surface area (Å²) in [5.41, 5.74) is 8.33. The van der Waals surface area contributed by atoms with E-state index in [1.165, 1.54) is 0 Å². The molecule has 0 saturated heterocycles. The Kier molecular flexibility index (Phi) is 2.20. The molecule has 4 rings (SSSR count). The highest BCUT2D eigenvalue weighted by Gasteiger charge is 2.08. The molecule has 0 aliphatic rings. The van der Waals surface area contributed by atoms with E-state index in [4.69, 9.17) is 5.73 Å². The van der Waals surface area contributed by atoms with Gasteiger partial charge in [-0.1, -0.05) is 18.2 Å². The first-order chi connectivity index (χ1) is 9.81. The molecule has 2 aromatic carbocycles. The van der Waals surface area contributed by atoms with E-state index in [-0.39, 0.29) is 0 Å². The SMILES string of the molecule is Nc1ccc2cnn(-c3ncc4ccccc4n3)c2c1. The summed E-state index contributed by atoms with van der Waals surface area (Å²) in [7, 11) is 0. The van der Waals surface area contributed by atoms with Crippen molar-refractivity contribution in [3.63, 3.8) is 0 Å². The number of para-hydroxylation sites is 1. The molecule has 0 amide bonds. The van der Waals surface area contributed by atoms with E-state index in [9.17, 15) is 0 Å². The fourth-order valence-electron chi connectivity index (χ4n) is 2.26. The number of nitrogen functional groups attached to an aromatic ring is 1. The van der Waals surface area contributed by atoms with E-state index < -0.39 is 0 Å². The quantitative estimate of drug-likeness (QED) is 0.534. The number of aromatic nitrogens is 4. The Morgan fingerprint density at radius 1 is 0.950 bits per heavy atom.